The van der Waals surface area contributed by atoms with Gasteiger partial charge in [-0.25, -0.2) is 0 Å². The molecule has 2 unspecified atom stereocenters. The van der Waals surface area contributed by atoms with E-state index in [4.69, 9.17) is 5.73 Å². The molecule has 27 heavy (non-hydrogen) atoms. The second-order valence-electron chi connectivity index (χ2n) is 7.45. The highest BCUT2D eigenvalue weighted by molar-refractivity contribution is 5.85. The first-order chi connectivity index (χ1) is 12.6. The fourth-order valence-corrected chi connectivity index (χ4v) is 3.97. The zero-order valence-corrected chi connectivity index (χ0v) is 17.3. The Balaban J connectivity index is 0.00000364. The van der Waals surface area contributed by atoms with E-state index in [0.29, 0.717) is 32.5 Å². The molecule has 156 valence electrons. The molecule has 2 rings (SSSR count). The minimum Gasteiger partial charge on any atom is -0.354 e. The lowest BCUT2D eigenvalue weighted by atomic mass is 9.93. The summed E-state index contributed by atoms with van der Waals surface area (Å²) in [5.74, 6) is 0.149. The molecule has 3 N–H and O–H groups in total. The summed E-state index contributed by atoms with van der Waals surface area (Å²) in [4.78, 5) is 40.8. The number of carbonyl (C=O) groups excluding carboxylic acids is 3. The Kier molecular flexibility index (Phi) is 10.7. The van der Waals surface area contributed by atoms with Gasteiger partial charge in [0.1, 0.15) is 0 Å². The molecule has 2 atom stereocenters. The number of nitrogens with two attached hydrogens (primary N) is 1. The average Bonchev–Trinajstić information content (AvgIpc) is 2.66. The number of piperidine rings is 2. The van der Waals surface area contributed by atoms with E-state index in [1.54, 1.807) is 0 Å². The van der Waals surface area contributed by atoms with Crippen LogP contribution in [-0.4, -0.2) is 66.3 Å². The number of rotatable bonds is 7. The van der Waals surface area contributed by atoms with Crippen molar-refractivity contribution in [2.24, 2.45) is 11.7 Å². The Labute approximate surface area is 168 Å². The van der Waals surface area contributed by atoms with Crippen LogP contribution in [0.4, 0.5) is 0 Å². The zero-order valence-electron chi connectivity index (χ0n) is 16.5. The summed E-state index contributed by atoms with van der Waals surface area (Å²) in [7, 11) is 0. The number of hydrogen-bond donors (Lipinski definition) is 2. The van der Waals surface area contributed by atoms with E-state index >= 15 is 0 Å². The van der Waals surface area contributed by atoms with Gasteiger partial charge in [0, 0.05) is 51.6 Å². The number of halogens is 1. The molecule has 3 amide bonds. The van der Waals surface area contributed by atoms with Gasteiger partial charge in [0.05, 0.1) is 5.92 Å². The van der Waals surface area contributed by atoms with Gasteiger partial charge in [-0.15, -0.1) is 12.4 Å². The van der Waals surface area contributed by atoms with Crippen LogP contribution in [0.1, 0.15) is 58.3 Å². The SMILES string of the molecule is CCCC(=O)N1CCCC(C(=O)N2CCCCC2CNC(=O)CCN)C1.Cl. The highest BCUT2D eigenvalue weighted by atomic mass is 35.5. The van der Waals surface area contributed by atoms with Crippen molar-refractivity contribution < 1.29 is 14.4 Å². The Morgan fingerprint density at radius 3 is 2.56 bits per heavy atom. The molecule has 0 aromatic heterocycles. The molecule has 0 spiro atoms. The summed E-state index contributed by atoms with van der Waals surface area (Å²) < 4.78 is 0. The molecular formula is C19H35ClN4O3. The first-order valence-corrected chi connectivity index (χ1v) is 10.1. The van der Waals surface area contributed by atoms with E-state index in [1.807, 2.05) is 16.7 Å². The Bertz CT molecular complexity index is 503. The highest BCUT2D eigenvalue weighted by Crippen LogP contribution is 2.24. The third-order valence-corrected chi connectivity index (χ3v) is 5.40. The minimum atomic E-state index is -0.107. The molecule has 8 heteroatoms. The molecule has 7 nitrogen and oxygen atoms in total. The number of nitrogens with zero attached hydrogens (tertiary/aromatic N) is 2. The molecule has 0 aromatic carbocycles. The van der Waals surface area contributed by atoms with Crippen molar-refractivity contribution >= 4 is 30.1 Å². The zero-order chi connectivity index (χ0) is 18.9. The molecule has 2 aliphatic rings. The molecule has 2 heterocycles. The Morgan fingerprint density at radius 2 is 1.85 bits per heavy atom. The van der Waals surface area contributed by atoms with E-state index in [1.165, 1.54) is 0 Å². The van der Waals surface area contributed by atoms with Crippen molar-refractivity contribution in [1.82, 2.24) is 15.1 Å². The van der Waals surface area contributed by atoms with Gasteiger partial charge in [0.2, 0.25) is 17.7 Å². The van der Waals surface area contributed by atoms with Crippen LogP contribution in [0.5, 0.6) is 0 Å². The van der Waals surface area contributed by atoms with Gasteiger partial charge in [-0.2, -0.15) is 0 Å². The maximum absolute atomic E-state index is 13.1. The van der Waals surface area contributed by atoms with E-state index in [-0.39, 0.29) is 42.1 Å². The Hall–Kier alpha value is -1.34. The van der Waals surface area contributed by atoms with Crippen LogP contribution >= 0.6 is 12.4 Å². The van der Waals surface area contributed by atoms with Crippen LogP contribution in [0.15, 0.2) is 0 Å². The summed E-state index contributed by atoms with van der Waals surface area (Å²) in [6, 6.07) is 0.0553. The molecular weight excluding hydrogens is 368 g/mol. The summed E-state index contributed by atoms with van der Waals surface area (Å²) in [5, 5.41) is 2.91. The van der Waals surface area contributed by atoms with Crippen LogP contribution in [0.3, 0.4) is 0 Å². The first-order valence-electron chi connectivity index (χ1n) is 10.1. The molecule has 2 fully saturated rings. The number of carbonyl (C=O) groups is 3. The molecule has 0 bridgehead atoms. The van der Waals surface area contributed by atoms with Gasteiger partial charge in [0.15, 0.2) is 0 Å². The van der Waals surface area contributed by atoms with Gasteiger partial charge in [-0.3, -0.25) is 14.4 Å². The second kappa shape index (κ2) is 12.2. The van der Waals surface area contributed by atoms with Crippen molar-refractivity contribution in [3.63, 3.8) is 0 Å². The third-order valence-electron chi connectivity index (χ3n) is 5.40. The topological polar surface area (TPSA) is 95.7 Å². The predicted octanol–water partition coefficient (Wildman–Crippen LogP) is 1.29. The van der Waals surface area contributed by atoms with Crippen molar-refractivity contribution in [1.29, 1.82) is 0 Å². The second-order valence-corrected chi connectivity index (χ2v) is 7.45. The summed E-state index contributed by atoms with van der Waals surface area (Å²) >= 11 is 0. The maximum Gasteiger partial charge on any atom is 0.227 e. The van der Waals surface area contributed by atoms with E-state index in [9.17, 15) is 14.4 Å². The third kappa shape index (κ3) is 6.96. The van der Waals surface area contributed by atoms with Crippen LogP contribution < -0.4 is 11.1 Å². The lowest BCUT2D eigenvalue weighted by Gasteiger charge is -2.40. The van der Waals surface area contributed by atoms with Gasteiger partial charge in [0.25, 0.3) is 0 Å². The lowest BCUT2D eigenvalue weighted by Crippen LogP contribution is -2.54. The van der Waals surface area contributed by atoms with Crippen molar-refractivity contribution in [3.8, 4) is 0 Å². The van der Waals surface area contributed by atoms with Crippen LogP contribution in [0.25, 0.3) is 0 Å². The lowest BCUT2D eigenvalue weighted by molar-refractivity contribution is -0.144. The normalized spacial score (nSPS) is 22.7. The minimum absolute atomic E-state index is 0. The van der Waals surface area contributed by atoms with E-state index < -0.39 is 0 Å². The van der Waals surface area contributed by atoms with Gasteiger partial charge in [-0.1, -0.05) is 6.92 Å². The fraction of sp³-hybridized carbons (Fsp3) is 0.842. The van der Waals surface area contributed by atoms with E-state index in [0.717, 1.165) is 51.6 Å². The van der Waals surface area contributed by atoms with E-state index in [2.05, 4.69) is 5.32 Å². The summed E-state index contributed by atoms with van der Waals surface area (Å²) in [6.45, 7) is 4.89. The maximum atomic E-state index is 13.1. The molecule has 2 saturated heterocycles. The molecule has 2 aliphatic heterocycles. The van der Waals surface area contributed by atoms with Gasteiger partial charge in [-0.05, 0) is 38.5 Å². The number of hydrogen-bond acceptors (Lipinski definition) is 4. The van der Waals surface area contributed by atoms with Crippen LogP contribution in [0.2, 0.25) is 0 Å². The molecule has 0 radical (unpaired) electrons. The quantitative estimate of drug-likeness (QED) is 0.670. The largest absolute Gasteiger partial charge is 0.354 e. The smallest absolute Gasteiger partial charge is 0.227 e. The van der Waals surface area contributed by atoms with Crippen LogP contribution in [-0.2, 0) is 14.4 Å². The number of nitrogens with one attached hydrogen (secondary N) is 1. The highest BCUT2D eigenvalue weighted by Gasteiger charge is 2.34. The summed E-state index contributed by atoms with van der Waals surface area (Å²) in [5.41, 5.74) is 5.41. The van der Waals surface area contributed by atoms with Crippen molar-refractivity contribution in [3.05, 3.63) is 0 Å². The predicted molar refractivity (Wildman–Crippen MR) is 107 cm³/mol. The fourth-order valence-electron chi connectivity index (χ4n) is 3.97. The Morgan fingerprint density at radius 1 is 1.07 bits per heavy atom. The number of likely N-dealkylation sites (tertiary alicyclic amines) is 2. The summed E-state index contributed by atoms with van der Waals surface area (Å²) in [6.07, 6.45) is 6.44. The first kappa shape index (κ1) is 23.7. The number of amides is 3. The van der Waals surface area contributed by atoms with Gasteiger partial charge >= 0.3 is 0 Å². The monoisotopic (exact) mass is 402 g/mol. The van der Waals surface area contributed by atoms with Crippen molar-refractivity contribution in [2.75, 3.05) is 32.7 Å². The average molecular weight is 403 g/mol. The van der Waals surface area contributed by atoms with Crippen LogP contribution in [0, 0.1) is 5.92 Å². The molecule has 0 saturated carbocycles. The molecule has 0 aromatic rings. The molecule has 0 aliphatic carbocycles. The van der Waals surface area contributed by atoms with Crippen molar-refractivity contribution in [2.45, 2.75) is 64.3 Å². The standard InChI is InChI=1S/C19H34N4O3.ClH/c1-2-6-18(25)22-11-5-7-15(14-22)19(26)23-12-4-3-8-16(23)13-21-17(24)9-10-20;/h15-16H,2-14,20H2,1H3,(H,21,24);1H. The van der Waals surface area contributed by atoms with Gasteiger partial charge < -0.3 is 20.9 Å².